The average Bonchev–Trinajstić information content (AvgIpc) is 3.20. The van der Waals surface area contributed by atoms with Crippen molar-refractivity contribution in [2.45, 2.75) is 78.2 Å². The molecular formula is C26H34ClNO3S. The van der Waals surface area contributed by atoms with Gasteiger partial charge in [0.15, 0.2) is 0 Å². The number of hydrogen-bond acceptors (Lipinski definition) is 3. The zero-order valence-electron chi connectivity index (χ0n) is 19.3. The number of halogens is 1. The summed E-state index contributed by atoms with van der Waals surface area (Å²) in [4.78, 5) is 29.1. The van der Waals surface area contributed by atoms with Gasteiger partial charge in [-0.3, -0.25) is 4.79 Å². The molecule has 1 N–H and O–H groups in total. The number of rotatable bonds is 9. The van der Waals surface area contributed by atoms with Crippen molar-refractivity contribution in [1.29, 1.82) is 0 Å². The molecule has 1 fully saturated rings. The second kappa shape index (κ2) is 11.3. The molecule has 0 bridgehead atoms. The molecular weight excluding hydrogens is 442 g/mol. The number of benzene rings is 1. The van der Waals surface area contributed by atoms with Crippen molar-refractivity contribution in [2.75, 3.05) is 4.90 Å². The van der Waals surface area contributed by atoms with Crippen LogP contribution in [0.15, 0.2) is 30.3 Å². The number of nitrogens with zero attached hydrogens (tertiary/aromatic N) is 1. The third kappa shape index (κ3) is 5.74. The van der Waals surface area contributed by atoms with Crippen LogP contribution in [0.5, 0.6) is 0 Å². The zero-order chi connectivity index (χ0) is 23.3. The quantitative estimate of drug-likeness (QED) is 0.401. The Labute approximate surface area is 200 Å². The van der Waals surface area contributed by atoms with Crippen LogP contribution >= 0.6 is 22.9 Å². The summed E-state index contributed by atoms with van der Waals surface area (Å²) in [7, 11) is 0. The summed E-state index contributed by atoms with van der Waals surface area (Å²) in [5.74, 6) is -0.247. The first-order valence-corrected chi connectivity index (χ1v) is 13.0. The summed E-state index contributed by atoms with van der Waals surface area (Å²) in [6.07, 6.45) is 7.53. The monoisotopic (exact) mass is 475 g/mol. The van der Waals surface area contributed by atoms with Crippen LogP contribution in [-0.2, 0) is 4.79 Å². The van der Waals surface area contributed by atoms with Gasteiger partial charge in [0, 0.05) is 21.9 Å². The van der Waals surface area contributed by atoms with Gasteiger partial charge >= 0.3 is 5.97 Å². The number of anilines is 1. The van der Waals surface area contributed by atoms with Crippen molar-refractivity contribution in [3.05, 3.63) is 40.2 Å². The van der Waals surface area contributed by atoms with E-state index in [2.05, 4.69) is 20.8 Å². The van der Waals surface area contributed by atoms with Crippen LogP contribution in [0, 0.1) is 11.8 Å². The second-order valence-corrected chi connectivity index (χ2v) is 10.5. The fraction of sp³-hybridized carbons (Fsp3) is 0.538. The Hall–Kier alpha value is -1.85. The Bertz CT molecular complexity index is 910. The Balaban J connectivity index is 2.07. The highest BCUT2D eigenvalue weighted by atomic mass is 35.5. The van der Waals surface area contributed by atoms with E-state index in [-0.39, 0.29) is 22.7 Å². The fourth-order valence-corrected chi connectivity index (χ4v) is 5.86. The van der Waals surface area contributed by atoms with Gasteiger partial charge in [-0.25, -0.2) is 4.79 Å². The van der Waals surface area contributed by atoms with Crippen LogP contribution in [0.4, 0.5) is 5.69 Å². The van der Waals surface area contributed by atoms with Gasteiger partial charge < -0.3 is 10.0 Å². The summed E-state index contributed by atoms with van der Waals surface area (Å²) in [5, 5.41) is 10.7. The summed E-state index contributed by atoms with van der Waals surface area (Å²) < 4.78 is 0. The first-order valence-electron chi connectivity index (χ1n) is 11.8. The molecule has 3 rings (SSSR count). The molecule has 174 valence electrons. The van der Waals surface area contributed by atoms with Crippen molar-refractivity contribution in [1.82, 2.24) is 0 Å². The van der Waals surface area contributed by atoms with E-state index in [1.165, 1.54) is 11.3 Å². The predicted molar refractivity (Wildman–Crippen MR) is 134 cm³/mol. The minimum Gasteiger partial charge on any atom is -0.477 e. The molecule has 1 amide bonds. The van der Waals surface area contributed by atoms with E-state index in [1.807, 2.05) is 23.1 Å². The third-order valence-electron chi connectivity index (χ3n) is 6.51. The average molecular weight is 476 g/mol. The second-order valence-electron chi connectivity index (χ2n) is 9.03. The van der Waals surface area contributed by atoms with Gasteiger partial charge in [-0.1, -0.05) is 57.3 Å². The molecule has 6 heteroatoms. The van der Waals surface area contributed by atoms with Gasteiger partial charge in [-0.2, -0.15) is 0 Å². The Morgan fingerprint density at radius 3 is 2.22 bits per heavy atom. The summed E-state index contributed by atoms with van der Waals surface area (Å²) >= 11 is 7.28. The maximum absolute atomic E-state index is 13.9. The Kier molecular flexibility index (Phi) is 8.78. The molecule has 0 atom stereocenters. The van der Waals surface area contributed by atoms with Gasteiger partial charge in [-0.15, -0.1) is 11.3 Å². The standard InChI is InChI=1S/C26H34ClNO3S/c1-4-6-21(7-5-2)28(25(29)19-10-8-17(3)9-11-19)22-16-23(32-24(22)26(30)31)18-12-14-20(27)15-13-18/h12-17,19,21H,4-11H2,1-3H3,(H,30,31). The topological polar surface area (TPSA) is 57.6 Å². The molecule has 1 aliphatic rings. The van der Waals surface area contributed by atoms with Gasteiger partial charge in [-0.05, 0) is 68.2 Å². The van der Waals surface area contributed by atoms with Crippen LogP contribution < -0.4 is 4.90 Å². The van der Waals surface area contributed by atoms with Crippen molar-refractivity contribution < 1.29 is 14.7 Å². The highest BCUT2D eigenvalue weighted by molar-refractivity contribution is 7.18. The SMILES string of the molecule is CCCC(CCC)N(C(=O)C1CCC(C)CC1)c1cc(-c2ccc(Cl)cc2)sc1C(=O)O. The lowest BCUT2D eigenvalue weighted by molar-refractivity contribution is -0.124. The van der Waals surface area contributed by atoms with Gasteiger partial charge in [0.1, 0.15) is 4.88 Å². The Morgan fingerprint density at radius 1 is 1.09 bits per heavy atom. The van der Waals surface area contributed by atoms with E-state index in [4.69, 9.17) is 11.6 Å². The minimum atomic E-state index is -0.980. The highest BCUT2D eigenvalue weighted by Gasteiger charge is 2.35. The predicted octanol–water partition coefficient (Wildman–Crippen LogP) is 7.89. The Morgan fingerprint density at radius 2 is 1.69 bits per heavy atom. The number of aromatic carboxylic acids is 1. The molecule has 1 aliphatic carbocycles. The molecule has 1 heterocycles. The van der Waals surface area contributed by atoms with E-state index in [0.717, 1.165) is 61.8 Å². The fourth-order valence-electron chi connectivity index (χ4n) is 4.74. The van der Waals surface area contributed by atoms with Gasteiger partial charge in [0.05, 0.1) is 5.69 Å². The van der Waals surface area contributed by atoms with Gasteiger partial charge in [0.2, 0.25) is 5.91 Å². The van der Waals surface area contributed by atoms with Gasteiger partial charge in [0.25, 0.3) is 0 Å². The summed E-state index contributed by atoms with van der Waals surface area (Å²) in [5.41, 5.74) is 1.47. The number of carboxylic acid groups (broad SMARTS) is 1. The number of carbonyl (C=O) groups excluding carboxylic acids is 1. The molecule has 0 unspecified atom stereocenters. The normalized spacial score (nSPS) is 18.7. The molecule has 32 heavy (non-hydrogen) atoms. The molecule has 1 saturated carbocycles. The van der Waals surface area contributed by atoms with Crippen LogP contribution in [0.1, 0.15) is 81.8 Å². The number of thiophene rings is 1. The number of amides is 1. The van der Waals surface area contributed by atoms with E-state index in [1.54, 1.807) is 12.1 Å². The highest BCUT2D eigenvalue weighted by Crippen LogP contribution is 2.41. The minimum absolute atomic E-state index is 0.0163. The van der Waals surface area contributed by atoms with Crippen LogP contribution in [0.25, 0.3) is 10.4 Å². The lowest BCUT2D eigenvalue weighted by Gasteiger charge is -2.36. The summed E-state index contributed by atoms with van der Waals surface area (Å²) in [6.45, 7) is 6.49. The van der Waals surface area contributed by atoms with Crippen LogP contribution in [0.3, 0.4) is 0 Å². The van der Waals surface area contributed by atoms with Crippen LogP contribution in [0.2, 0.25) is 5.02 Å². The smallest absolute Gasteiger partial charge is 0.348 e. The largest absolute Gasteiger partial charge is 0.477 e. The molecule has 0 aliphatic heterocycles. The van der Waals surface area contributed by atoms with E-state index in [9.17, 15) is 14.7 Å². The van der Waals surface area contributed by atoms with Crippen LogP contribution in [-0.4, -0.2) is 23.0 Å². The van der Waals surface area contributed by atoms with Crippen molar-refractivity contribution >= 4 is 40.5 Å². The molecule has 4 nitrogen and oxygen atoms in total. The molecule has 0 spiro atoms. The molecule has 0 radical (unpaired) electrons. The zero-order valence-corrected chi connectivity index (χ0v) is 20.8. The lowest BCUT2D eigenvalue weighted by atomic mass is 9.82. The molecule has 1 aromatic carbocycles. The molecule has 2 aromatic rings. The van der Waals surface area contributed by atoms with Crippen molar-refractivity contribution in [3.63, 3.8) is 0 Å². The lowest BCUT2D eigenvalue weighted by Crippen LogP contribution is -2.45. The first kappa shape index (κ1) is 24.8. The first-order chi connectivity index (χ1) is 15.3. The summed E-state index contributed by atoms with van der Waals surface area (Å²) in [6, 6.07) is 9.32. The third-order valence-corrected chi connectivity index (χ3v) is 7.92. The molecule has 0 saturated heterocycles. The number of carboxylic acids is 1. The van der Waals surface area contributed by atoms with E-state index < -0.39 is 5.97 Å². The maximum Gasteiger partial charge on any atom is 0.348 e. The van der Waals surface area contributed by atoms with Crippen molar-refractivity contribution in [2.24, 2.45) is 11.8 Å². The van der Waals surface area contributed by atoms with E-state index in [0.29, 0.717) is 16.6 Å². The maximum atomic E-state index is 13.9. The van der Waals surface area contributed by atoms with Crippen molar-refractivity contribution in [3.8, 4) is 10.4 Å². The molecule has 1 aromatic heterocycles. The number of carbonyl (C=O) groups is 2. The number of hydrogen-bond donors (Lipinski definition) is 1. The van der Waals surface area contributed by atoms with E-state index >= 15 is 0 Å².